The SMILES string of the molecule is C=C(C)Cn1c(SCC(=O)Nc2ccccc2C(=O)OC)[nH+]c2sc3c(c2c1=O)CCCC3. The highest BCUT2D eigenvalue weighted by Gasteiger charge is 2.27. The first kappa shape index (κ1) is 23.3. The van der Waals surface area contributed by atoms with Crippen molar-refractivity contribution in [3.05, 3.63) is 62.8 Å². The minimum Gasteiger partial charge on any atom is -0.465 e. The van der Waals surface area contributed by atoms with Crippen LogP contribution in [-0.2, 0) is 28.9 Å². The van der Waals surface area contributed by atoms with Crippen molar-refractivity contribution in [2.24, 2.45) is 0 Å². The third-order valence-corrected chi connectivity index (χ3v) is 7.68. The average molecular weight is 485 g/mol. The van der Waals surface area contributed by atoms with Gasteiger partial charge in [-0.25, -0.2) is 14.6 Å². The summed E-state index contributed by atoms with van der Waals surface area (Å²) in [6.45, 7) is 6.23. The molecule has 9 heteroatoms. The van der Waals surface area contributed by atoms with E-state index >= 15 is 0 Å². The molecule has 0 bridgehead atoms. The number of para-hydroxylation sites is 1. The van der Waals surface area contributed by atoms with E-state index in [1.807, 2.05) is 6.92 Å². The van der Waals surface area contributed by atoms with Crippen molar-refractivity contribution in [3.8, 4) is 0 Å². The summed E-state index contributed by atoms with van der Waals surface area (Å²) in [5.41, 5.74) is 2.67. The number of methoxy groups -OCH3 is 1. The number of thioether (sulfide) groups is 1. The number of rotatable bonds is 7. The lowest BCUT2D eigenvalue weighted by atomic mass is 9.97. The lowest BCUT2D eigenvalue weighted by Crippen LogP contribution is -2.31. The van der Waals surface area contributed by atoms with Crippen molar-refractivity contribution >= 4 is 50.9 Å². The summed E-state index contributed by atoms with van der Waals surface area (Å²) in [6.07, 6.45) is 4.18. The molecule has 0 saturated carbocycles. The quantitative estimate of drug-likeness (QED) is 0.238. The van der Waals surface area contributed by atoms with E-state index in [9.17, 15) is 14.4 Å². The number of benzene rings is 1. The van der Waals surface area contributed by atoms with E-state index in [-0.39, 0.29) is 22.8 Å². The van der Waals surface area contributed by atoms with Gasteiger partial charge in [0.25, 0.3) is 0 Å². The first-order chi connectivity index (χ1) is 15.9. The Bertz CT molecular complexity index is 1310. The van der Waals surface area contributed by atoms with Crippen LogP contribution < -0.4 is 15.9 Å². The maximum absolute atomic E-state index is 13.4. The molecule has 1 aromatic carbocycles. The number of H-pyrrole nitrogens is 1. The van der Waals surface area contributed by atoms with Crippen molar-refractivity contribution in [3.63, 3.8) is 0 Å². The van der Waals surface area contributed by atoms with E-state index in [2.05, 4.69) is 16.9 Å². The van der Waals surface area contributed by atoms with Crippen LogP contribution in [0.3, 0.4) is 0 Å². The van der Waals surface area contributed by atoms with Gasteiger partial charge >= 0.3 is 16.7 Å². The van der Waals surface area contributed by atoms with E-state index in [1.165, 1.54) is 29.3 Å². The molecule has 0 aliphatic heterocycles. The number of allylic oxidation sites excluding steroid dienone is 1. The molecule has 0 radical (unpaired) electrons. The van der Waals surface area contributed by atoms with Gasteiger partial charge in [0.05, 0.1) is 24.1 Å². The molecule has 1 aliphatic rings. The van der Waals surface area contributed by atoms with Crippen LogP contribution in [0, 0.1) is 0 Å². The summed E-state index contributed by atoms with van der Waals surface area (Å²) in [5.74, 6) is -0.739. The number of hydrogen-bond acceptors (Lipinski definition) is 6. The molecule has 4 rings (SSSR count). The van der Waals surface area contributed by atoms with E-state index in [4.69, 9.17) is 4.74 Å². The van der Waals surface area contributed by atoms with Gasteiger partial charge in [-0.3, -0.25) is 4.79 Å². The number of esters is 1. The van der Waals surface area contributed by atoms with E-state index in [0.29, 0.717) is 17.4 Å². The first-order valence-electron chi connectivity index (χ1n) is 10.7. The molecule has 0 unspecified atom stereocenters. The van der Waals surface area contributed by atoms with Crippen LogP contribution in [0.25, 0.3) is 10.2 Å². The maximum atomic E-state index is 13.4. The van der Waals surface area contributed by atoms with Crippen LogP contribution in [0.1, 0.15) is 40.6 Å². The van der Waals surface area contributed by atoms with Gasteiger partial charge in [-0.05, 0) is 67.6 Å². The number of thiophene rings is 1. The fourth-order valence-electron chi connectivity index (χ4n) is 4.00. The number of amides is 1. The molecule has 0 spiro atoms. The van der Waals surface area contributed by atoms with Crippen LogP contribution in [0.4, 0.5) is 5.69 Å². The Labute approximate surface area is 199 Å². The zero-order chi connectivity index (χ0) is 23.5. The number of fused-ring (bicyclic) bond motifs is 3. The van der Waals surface area contributed by atoms with Crippen LogP contribution in [0.5, 0.6) is 0 Å². The highest BCUT2D eigenvalue weighted by Crippen LogP contribution is 2.33. The van der Waals surface area contributed by atoms with Crippen molar-refractivity contribution in [2.75, 3.05) is 18.2 Å². The van der Waals surface area contributed by atoms with Crippen LogP contribution in [0.15, 0.2) is 46.4 Å². The molecule has 0 fully saturated rings. The fourth-order valence-corrected chi connectivity index (χ4v) is 6.16. The van der Waals surface area contributed by atoms with Gasteiger partial charge in [-0.1, -0.05) is 30.0 Å². The molecule has 1 amide bonds. The number of ether oxygens (including phenoxy) is 1. The summed E-state index contributed by atoms with van der Waals surface area (Å²) >= 11 is 2.90. The number of aromatic nitrogens is 2. The molecule has 2 heterocycles. The molecular weight excluding hydrogens is 458 g/mol. The predicted octanol–water partition coefficient (Wildman–Crippen LogP) is 3.85. The first-order valence-corrected chi connectivity index (χ1v) is 12.5. The van der Waals surface area contributed by atoms with Gasteiger partial charge in [-0.2, -0.15) is 4.57 Å². The van der Waals surface area contributed by atoms with Crippen LogP contribution in [-0.4, -0.2) is 29.3 Å². The van der Waals surface area contributed by atoms with Gasteiger partial charge in [0.1, 0.15) is 11.9 Å². The Kier molecular flexibility index (Phi) is 6.99. The average Bonchev–Trinajstić information content (AvgIpc) is 3.18. The fraction of sp³-hybridized carbons (Fsp3) is 0.333. The highest BCUT2D eigenvalue weighted by molar-refractivity contribution is 7.99. The van der Waals surface area contributed by atoms with E-state index in [0.717, 1.165) is 41.5 Å². The Morgan fingerprint density at radius 2 is 2.03 bits per heavy atom. The second-order valence-electron chi connectivity index (χ2n) is 8.07. The topological polar surface area (TPSA) is 91.5 Å². The van der Waals surface area contributed by atoms with Crippen molar-refractivity contribution < 1.29 is 19.3 Å². The maximum Gasteiger partial charge on any atom is 0.347 e. The number of anilines is 1. The number of nitrogens with one attached hydrogen (secondary N) is 2. The highest BCUT2D eigenvalue weighted by atomic mass is 32.2. The number of aromatic amines is 1. The van der Waals surface area contributed by atoms with Crippen molar-refractivity contribution in [1.29, 1.82) is 0 Å². The Hall–Kier alpha value is -2.91. The minimum atomic E-state index is -0.519. The molecule has 2 aromatic heterocycles. The van der Waals surface area contributed by atoms with Gasteiger partial charge in [0.15, 0.2) is 4.83 Å². The Morgan fingerprint density at radius 1 is 1.27 bits per heavy atom. The molecule has 0 saturated heterocycles. The molecule has 0 atom stereocenters. The molecule has 7 nitrogen and oxygen atoms in total. The van der Waals surface area contributed by atoms with Gasteiger partial charge in [0.2, 0.25) is 5.91 Å². The standard InChI is InChI=1S/C24H25N3O4S2/c1-14(2)12-27-22(29)20-16-9-5-7-11-18(16)33-21(20)26-24(27)32-13-19(28)25-17-10-6-4-8-15(17)23(30)31-3/h4,6,8,10H,1,5,7,9,11-13H2,2-3H3,(H,25,28)/p+1. The third kappa shape index (κ3) is 4.89. The van der Waals surface area contributed by atoms with Crippen LogP contribution in [0.2, 0.25) is 0 Å². The molecule has 172 valence electrons. The monoisotopic (exact) mass is 484 g/mol. The number of nitrogens with zero attached hydrogens (tertiary/aromatic N) is 1. The Morgan fingerprint density at radius 3 is 2.79 bits per heavy atom. The molecule has 33 heavy (non-hydrogen) atoms. The van der Waals surface area contributed by atoms with Gasteiger partial charge < -0.3 is 10.1 Å². The third-order valence-electron chi connectivity index (χ3n) is 5.47. The second kappa shape index (κ2) is 9.93. The van der Waals surface area contributed by atoms with Crippen molar-refractivity contribution in [1.82, 2.24) is 4.57 Å². The normalized spacial score (nSPS) is 12.9. The van der Waals surface area contributed by atoms with E-state index < -0.39 is 5.97 Å². The number of aryl methyl sites for hydroxylation is 2. The zero-order valence-corrected chi connectivity index (χ0v) is 20.3. The number of carbonyl (C=O) groups excluding carboxylic acids is 2. The summed E-state index contributed by atoms with van der Waals surface area (Å²) in [7, 11) is 1.30. The Balaban J connectivity index is 1.61. The summed E-state index contributed by atoms with van der Waals surface area (Å²) in [6, 6.07) is 6.69. The molecule has 1 aliphatic carbocycles. The largest absolute Gasteiger partial charge is 0.465 e. The summed E-state index contributed by atoms with van der Waals surface area (Å²) in [5, 5.41) is 4.16. The molecule has 3 aromatic rings. The molecular formula is C24H26N3O4S2+. The van der Waals surface area contributed by atoms with E-state index in [1.54, 1.807) is 40.2 Å². The second-order valence-corrected chi connectivity index (χ2v) is 10.1. The number of hydrogen-bond donors (Lipinski definition) is 1. The number of carbonyl (C=O) groups is 2. The van der Waals surface area contributed by atoms with Crippen molar-refractivity contribution in [2.45, 2.75) is 44.3 Å². The predicted molar refractivity (Wildman–Crippen MR) is 131 cm³/mol. The smallest absolute Gasteiger partial charge is 0.347 e. The lowest BCUT2D eigenvalue weighted by Gasteiger charge is -2.10. The minimum absolute atomic E-state index is 0.0369. The summed E-state index contributed by atoms with van der Waals surface area (Å²) in [4.78, 5) is 43.7. The van der Waals surface area contributed by atoms with Gasteiger partial charge in [0, 0.05) is 4.88 Å². The summed E-state index contributed by atoms with van der Waals surface area (Å²) < 4.78 is 6.46. The molecule has 2 N–H and O–H groups in total. The van der Waals surface area contributed by atoms with Gasteiger partial charge in [-0.15, -0.1) is 0 Å². The zero-order valence-electron chi connectivity index (χ0n) is 18.7. The lowest BCUT2D eigenvalue weighted by molar-refractivity contribution is -0.404. The van der Waals surface area contributed by atoms with Crippen LogP contribution >= 0.6 is 23.1 Å².